The zero-order valence-corrected chi connectivity index (χ0v) is 10.3. The van der Waals surface area contributed by atoms with Gasteiger partial charge in [0, 0.05) is 6.20 Å². The van der Waals surface area contributed by atoms with Crippen LogP contribution in [0.4, 0.5) is 5.69 Å². The molecule has 1 aromatic heterocycles. The Bertz CT molecular complexity index is 699. The van der Waals surface area contributed by atoms with Crippen molar-refractivity contribution in [2.24, 2.45) is 0 Å². The number of fused-ring (bicyclic) bond motifs is 1. The normalized spacial score (nSPS) is 10.5. The summed E-state index contributed by atoms with van der Waals surface area (Å²) in [5, 5.41) is 11.5. The fraction of sp³-hybridized carbons (Fsp3) is 0.0667. The molecule has 0 saturated heterocycles. The van der Waals surface area contributed by atoms with Crippen molar-refractivity contribution in [3.63, 3.8) is 0 Å². The van der Waals surface area contributed by atoms with Crippen LogP contribution in [0.1, 0.15) is 5.56 Å². The maximum atomic E-state index is 12.0. The molecule has 0 aliphatic heterocycles. The first-order valence-corrected chi connectivity index (χ1v) is 6.08. The van der Waals surface area contributed by atoms with Crippen molar-refractivity contribution in [3.8, 4) is 0 Å². The molecule has 3 rings (SSSR count). The summed E-state index contributed by atoms with van der Waals surface area (Å²) in [5.41, 5.74) is 1.71. The van der Waals surface area contributed by atoms with Crippen LogP contribution in [0, 0.1) is 0 Å². The monoisotopic (exact) mass is 251 g/mol. The molecule has 1 heterocycles. The van der Waals surface area contributed by atoms with Crippen LogP contribution in [0.5, 0.6) is 0 Å². The fourth-order valence-electron chi connectivity index (χ4n) is 2.14. The highest BCUT2D eigenvalue weighted by atomic mass is 16.1. The van der Waals surface area contributed by atoms with Crippen LogP contribution in [0.3, 0.4) is 0 Å². The molecular formula is C15H13N3O. The Labute approximate surface area is 110 Å². The third-order valence-corrected chi connectivity index (χ3v) is 3.01. The second-order valence-corrected chi connectivity index (χ2v) is 4.35. The van der Waals surface area contributed by atoms with Crippen LogP contribution in [0.25, 0.3) is 10.8 Å². The van der Waals surface area contributed by atoms with Gasteiger partial charge in [0.05, 0.1) is 18.3 Å². The van der Waals surface area contributed by atoms with E-state index in [1.54, 1.807) is 12.4 Å². The minimum atomic E-state index is -0.0437. The van der Waals surface area contributed by atoms with Crippen LogP contribution in [-0.2, 0) is 11.2 Å². The average Bonchev–Trinajstić information content (AvgIpc) is 2.92. The van der Waals surface area contributed by atoms with E-state index in [9.17, 15) is 4.79 Å². The van der Waals surface area contributed by atoms with Gasteiger partial charge in [-0.1, -0.05) is 42.5 Å². The number of H-pyrrole nitrogens is 1. The molecule has 0 bridgehead atoms. The Morgan fingerprint density at radius 1 is 1.16 bits per heavy atom. The number of carbonyl (C=O) groups is 1. The second kappa shape index (κ2) is 4.94. The van der Waals surface area contributed by atoms with Gasteiger partial charge in [0.15, 0.2) is 0 Å². The molecule has 0 spiro atoms. The van der Waals surface area contributed by atoms with Gasteiger partial charge in [0.2, 0.25) is 5.91 Å². The number of rotatable bonds is 3. The minimum absolute atomic E-state index is 0.0437. The zero-order valence-electron chi connectivity index (χ0n) is 10.3. The number of carbonyl (C=O) groups excluding carboxylic acids is 1. The first-order chi connectivity index (χ1) is 9.33. The quantitative estimate of drug-likeness (QED) is 0.752. The summed E-state index contributed by atoms with van der Waals surface area (Å²) in [6, 6.07) is 14.1. The van der Waals surface area contributed by atoms with Crippen LogP contribution >= 0.6 is 0 Å². The lowest BCUT2D eigenvalue weighted by Gasteiger charge is -2.06. The van der Waals surface area contributed by atoms with Crippen LogP contribution < -0.4 is 5.32 Å². The number of nitrogens with zero attached hydrogens (tertiary/aromatic N) is 1. The molecule has 3 aromatic rings. The highest BCUT2D eigenvalue weighted by Crippen LogP contribution is 2.19. The molecule has 0 aliphatic rings. The molecule has 19 heavy (non-hydrogen) atoms. The molecule has 2 N–H and O–H groups in total. The van der Waals surface area contributed by atoms with Gasteiger partial charge in [-0.25, -0.2) is 0 Å². The first-order valence-electron chi connectivity index (χ1n) is 6.08. The number of anilines is 1. The van der Waals surface area contributed by atoms with E-state index >= 15 is 0 Å². The van der Waals surface area contributed by atoms with E-state index in [0.29, 0.717) is 12.1 Å². The van der Waals surface area contributed by atoms with Gasteiger partial charge in [-0.3, -0.25) is 9.89 Å². The van der Waals surface area contributed by atoms with Crippen molar-refractivity contribution in [1.82, 2.24) is 10.2 Å². The van der Waals surface area contributed by atoms with Gasteiger partial charge < -0.3 is 5.32 Å². The van der Waals surface area contributed by atoms with E-state index in [4.69, 9.17) is 0 Å². The van der Waals surface area contributed by atoms with Crippen LogP contribution in [0.15, 0.2) is 54.9 Å². The van der Waals surface area contributed by atoms with Crippen molar-refractivity contribution in [3.05, 3.63) is 60.4 Å². The molecule has 0 unspecified atom stereocenters. The predicted octanol–water partition coefficient (Wildman–Crippen LogP) is 2.74. The molecular weight excluding hydrogens is 238 g/mol. The maximum Gasteiger partial charge on any atom is 0.228 e. The summed E-state index contributed by atoms with van der Waals surface area (Å²) >= 11 is 0. The number of aromatic amines is 1. The standard InChI is InChI=1S/C15H13N3O/c19-15(18-13-9-16-17-10-13)8-12-6-3-5-11-4-1-2-7-14(11)12/h1-7,9-10H,8H2,(H,16,17)(H,18,19). The number of hydrogen-bond acceptors (Lipinski definition) is 2. The highest BCUT2D eigenvalue weighted by molar-refractivity contribution is 5.95. The smallest absolute Gasteiger partial charge is 0.228 e. The molecule has 1 amide bonds. The van der Waals surface area contributed by atoms with E-state index in [0.717, 1.165) is 16.3 Å². The number of benzene rings is 2. The molecule has 0 aliphatic carbocycles. The van der Waals surface area contributed by atoms with E-state index in [2.05, 4.69) is 15.5 Å². The number of hydrogen-bond donors (Lipinski definition) is 2. The summed E-state index contributed by atoms with van der Waals surface area (Å²) in [4.78, 5) is 12.0. The molecule has 0 fully saturated rings. The molecule has 2 aromatic carbocycles. The lowest BCUT2D eigenvalue weighted by atomic mass is 10.0. The van der Waals surface area contributed by atoms with E-state index < -0.39 is 0 Å². The van der Waals surface area contributed by atoms with Crippen molar-refractivity contribution in [2.75, 3.05) is 5.32 Å². The summed E-state index contributed by atoms with van der Waals surface area (Å²) in [6.07, 6.45) is 3.59. The van der Waals surface area contributed by atoms with Gasteiger partial charge in [-0.15, -0.1) is 0 Å². The lowest BCUT2D eigenvalue weighted by molar-refractivity contribution is -0.115. The average molecular weight is 251 g/mol. The summed E-state index contributed by atoms with van der Waals surface area (Å²) in [7, 11) is 0. The third-order valence-electron chi connectivity index (χ3n) is 3.01. The summed E-state index contributed by atoms with van der Waals surface area (Å²) in [6.45, 7) is 0. The van der Waals surface area contributed by atoms with E-state index in [1.807, 2.05) is 42.5 Å². The topological polar surface area (TPSA) is 57.8 Å². The minimum Gasteiger partial charge on any atom is -0.323 e. The Kier molecular flexibility index (Phi) is 2.98. The van der Waals surface area contributed by atoms with Gasteiger partial charge >= 0.3 is 0 Å². The highest BCUT2D eigenvalue weighted by Gasteiger charge is 2.07. The van der Waals surface area contributed by atoms with Crippen LogP contribution in [0.2, 0.25) is 0 Å². The fourth-order valence-corrected chi connectivity index (χ4v) is 2.14. The van der Waals surface area contributed by atoms with Gasteiger partial charge in [-0.2, -0.15) is 5.10 Å². The molecule has 0 atom stereocenters. The number of amides is 1. The number of nitrogens with one attached hydrogen (secondary N) is 2. The lowest BCUT2D eigenvalue weighted by Crippen LogP contribution is -2.14. The molecule has 0 saturated carbocycles. The Balaban J connectivity index is 1.83. The Morgan fingerprint density at radius 2 is 2.00 bits per heavy atom. The second-order valence-electron chi connectivity index (χ2n) is 4.35. The van der Waals surface area contributed by atoms with Gasteiger partial charge in [0.1, 0.15) is 0 Å². The largest absolute Gasteiger partial charge is 0.323 e. The van der Waals surface area contributed by atoms with Crippen molar-refractivity contribution >= 4 is 22.4 Å². The van der Waals surface area contributed by atoms with Gasteiger partial charge in [0.25, 0.3) is 0 Å². The van der Waals surface area contributed by atoms with Crippen molar-refractivity contribution in [1.29, 1.82) is 0 Å². The van der Waals surface area contributed by atoms with Crippen LogP contribution in [-0.4, -0.2) is 16.1 Å². The van der Waals surface area contributed by atoms with Crippen molar-refractivity contribution < 1.29 is 4.79 Å². The summed E-state index contributed by atoms with van der Waals surface area (Å²) < 4.78 is 0. The summed E-state index contributed by atoms with van der Waals surface area (Å²) in [5.74, 6) is -0.0437. The van der Waals surface area contributed by atoms with Gasteiger partial charge in [-0.05, 0) is 16.3 Å². The Morgan fingerprint density at radius 3 is 2.84 bits per heavy atom. The maximum absolute atomic E-state index is 12.0. The third kappa shape index (κ3) is 2.47. The SMILES string of the molecule is O=C(Cc1cccc2ccccc12)Nc1cn[nH]c1. The van der Waals surface area contributed by atoms with Crippen molar-refractivity contribution in [2.45, 2.75) is 6.42 Å². The molecule has 0 radical (unpaired) electrons. The Hall–Kier alpha value is -2.62. The van der Waals surface area contributed by atoms with E-state index in [-0.39, 0.29) is 5.91 Å². The number of aromatic nitrogens is 2. The zero-order chi connectivity index (χ0) is 13.1. The first kappa shape index (κ1) is 11.5. The molecule has 4 heteroatoms. The predicted molar refractivity (Wildman–Crippen MR) is 74.9 cm³/mol. The molecule has 4 nitrogen and oxygen atoms in total. The van der Waals surface area contributed by atoms with E-state index in [1.165, 1.54) is 0 Å². The molecule has 94 valence electrons.